The highest BCUT2D eigenvalue weighted by Gasteiger charge is 2.28. The van der Waals surface area contributed by atoms with E-state index in [1.165, 1.54) is 6.07 Å². The van der Waals surface area contributed by atoms with E-state index in [1.807, 2.05) is 0 Å². The van der Waals surface area contributed by atoms with Gasteiger partial charge in [0.25, 0.3) is 0 Å². The molecular formula is C14H21F2N3. The third-order valence-electron chi connectivity index (χ3n) is 4.00. The van der Waals surface area contributed by atoms with E-state index >= 15 is 0 Å². The van der Waals surface area contributed by atoms with E-state index in [9.17, 15) is 8.78 Å². The Morgan fingerprint density at radius 2 is 2.11 bits per heavy atom. The normalized spacial score (nSPS) is 23.5. The Bertz CT molecular complexity index is 439. The predicted octanol–water partition coefficient (Wildman–Crippen LogP) is 1.60. The van der Waals surface area contributed by atoms with Gasteiger partial charge in [-0.15, -0.1) is 0 Å². The second-order valence-corrected chi connectivity index (χ2v) is 5.22. The van der Waals surface area contributed by atoms with Crippen molar-refractivity contribution in [1.82, 2.24) is 9.80 Å². The molecule has 2 rings (SSSR count). The van der Waals surface area contributed by atoms with E-state index in [4.69, 9.17) is 5.73 Å². The van der Waals surface area contributed by atoms with Gasteiger partial charge in [0.05, 0.1) is 6.04 Å². The molecule has 0 bridgehead atoms. The molecule has 19 heavy (non-hydrogen) atoms. The molecule has 1 aliphatic heterocycles. The number of nitrogens with two attached hydrogens (primary N) is 1. The largest absolute Gasteiger partial charge is 0.329 e. The van der Waals surface area contributed by atoms with Crippen LogP contribution in [0.25, 0.3) is 0 Å². The number of rotatable bonds is 3. The van der Waals surface area contributed by atoms with Gasteiger partial charge >= 0.3 is 0 Å². The van der Waals surface area contributed by atoms with Crippen molar-refractivity contribution in [1.29, 1.82) is 0 Å². The van der Waals surface area contributed by atoms with Crippen LogP contribution in [-0.2, 0) is 0 Å². The lowest BCUT2D eigenvalue weighted by Crippen LogP contribution is -2.52. The molecule has 0 aliphatic carbocycles. The molecule has 3 nitrogen and oxygen atoms in total. The van der Waals surface area contributed by atoms with Gasteiger partial charge in [0.1, 0.15) is 0 Å². The molecule has 1 aliphatic rings. The van der Waals surface area contributed by atoms with Crippen molar-refractivity contribution in [2.24, 2.45) is 5.73 Å². The van der Waals surface area contributed by atoms with Gasteiger partial charge in [-0.25, -0.2) is 8.78 Å². The number of hydrogen-bond donors (Lipinski definition) is 1. The highest BCUT2D eigenvalue weighted by atomic mass is 19.2. The van der Waals surface area contributed by atoms with Gasteiger partial charge in [-0.2, -0.15) is 0 Å². The Morgan fingerprint density at radius 1 is 1.37 bits per heavy atom. The van der Waals surface area contributed by atoms with Crippen LogP contribution in [0.1, 0.15) is 18.5 Å². The molecule has 0 spiro atoms. The van der Waals surface area contributed by atoms with E-state index < -0.39 is 11.6 Å². The Hall–Kier alpha value is -1.04. The molecule has 1 fully saturated rings. The summed E-state index contributed by atoms with van der Waals surface area (Å²) in [6.45, 7) is 4.96. The molecule has 0 aromatic heterocycles. The lowest BCUT2D eigenvalue weighted by Gasteiger charge is -2.41. The number of hydrogen-bond acceptors (Lipinski definition) is 3. The monoisotopic (exact) mass is 269 g/mol. The van der Waals surface area contributed by atoms with Gasteiger partial charge in [-0.1, -0.05) is 12.1 Å². The highest BCUT2D eigenvalue weighted by Crippen LogP contribution is 2.26. The third kappa shape index (κ3) is 2.94. The fourth-order valence-corrected chi connectivity index (χ4v) is 2.61. The molecule has 106 valence electrons. The number of halogens is 2. The average Bonchev–Trinajstić information content (AvgIpc) is 2.39. The van der Waals surface area contributed by atoms with Crippen LogP contribution in [0.15, 0.2) is 18.2 Å². The summed E-state index contributed by atoms with van der Waals surface area (Å²) in [6.07, 6.45) is 0. The van der Waals surface area contributed by atoms with Gasteiger partial charge in [0.15, 0.2) is 11.6 Å². The molecule has 0 radical (unpaired) electrons. The van der Waals surface area contributed by atoms with E-state index in [2.05, 4.69) is 23.8 Å². The molecule has 2 atom stereocenters. The summed E-state index contributed by atoms with van der Waals surface area (Å²) < 4.78 is 27.2. The minimum atomic E-state index is -0.807. The van der Waals surface area contributed by atoms with Crippen molar-refractivity contribution in [2.45, 2.75) is 19.0 Å². The minimum Gasteiger partial charge on any atom is -0.329 e. The zero-order chi connectivity index (χ0) is 14.0. The van der Waals surface area contributed by atoms with Crippen LogP contribution < -0.4 is 5.73 Å². The lowest BCUT2D eigenvalue weighted by molar-refractivity contribution is 0.0727. The summed E-state index contributed by atoms with van der Waals surface area (Å²) in [5, 5.41) is 0. The van der Waals surface area contributed by atoms with E-state index in [-0.39, 0.29) is 12.6 Å². The molecule has 1 heterocycles. The highest BCUT2D eigenvalue weighted by molar-refractivity contribution is 5.23. The number of nitrogens with zero attached hydrogens (tertiary/aromatic N) is 2. The smallest absolute Gasteiger partial charge is 0.163 e. The summed E-state index contributed by atoms with van der Waals surface area (Å²) in [7, 11) is 2.07. The maximum Gasteiger partial charge on any atom is 0.163 e. The van der Waals surface area contributed by atoms with Crippen LogP contribution >= 0.6 is 0 Å². The van der Waals surface area contributed by atoms with Crippen molar-refractivity contribution in [2.75, 3.05) is 33.2 Å². The molecule has 1 aromatic rings. The van der Waals surface area contributed by atoms with E-state index in [0.29, 0.717) is 11.6 Å². The maximum absolute atomic E-state index is 13.9. The van der Waals surface area contributed by atoms with E-state index in [1.54, 1.807) is 6.07 Å². The summed E-state index contributed by atoms with van der Waals surface area (Å²) >= 11 is 0. The molecule has 1 aromatic carbocycles. The molecule has 2 unspecified atom stereocenters. The predicted molar refractivity (Wildman–Crippen MR) is 71.8 cm³/mol. The fourth-order valence-electron chi connectivity index (χ4n) is 2.61. The summed E-state index contributed by atoms with van der Waals surface area (Å²) in [4.78, 5) is 4.40. The zero-order valence-corrected chi connectivity index (χ0v) is 11.4. The van der Waals surface area contributed by atoms with Crippen molar-refractivity contribution in [3.8, 4) is 0 Å². The van der Waals surface area contributed by atoms with Crippen LogP contribution in [0.2, 0.25) is 0 Å². The van der Waals surface area contributed by atoms with Crippen molar-refractivity contribution in [3.05, 3.63) is 35.4 Å². The first-order chi connectivity index (χ1) is 9.04. The fraction of sp³-hybridized carbons (Fsp3) is 0.571. The van der Waals surface area contributed by atoms with Gasteiger partial charge in [-0.3, -0.25) is 4.90 Å². The van der Waals surface area contributed by atoms with E-state index in [0.717, 1.165) is 25.7 Å². The van der Waals surface area contributed by atoms with Crippen LogP contribution in [0.5, 0.6) is 0 Å². The summed E-state index contributed by atoms with van der Waals surface area (Å²) in [6, 6.07) is 4.43. The van der Waals surface area contributed by atoms with Crippen LogP contribution in [0, 0.1) is 11.6 Å². The average molecular weight is 269 g/mol. The van der Waals surface area contributed by atoms with Gasteiger partial charge in [0, 0.05) is 37.8 Å². The molecule has 1 saturated heterocycles. The molecule has 5 heteroatoms. The standard InChI is InChI=1S/C14H21F2N3/c1-10-9-19(7-6-18(10)2)13(8-17)11-4-3-5-12(15)14(11)16/h3-5,10,13H,6-9,17H2,1-2H3. The lowest BCUT2D eigenvalue weighted by atomic mass is 10.0. The summed E-state index contributed by atoms with van der Waals surface area (Å²) in [5.74, 6) is -1.58. The number of benzene rings is 1. The quantitative estimate of drug-likeness (QED) is 0.904. The topological polar surface area (TPSA) is 32.5 Å². The molecular weight excluding hydrogens is 248 g/mol. The van der Waals surface area contributed by atoms with Crippen LogP contribution in [-0.4, -0.2) is 49.1 Å². The Balaban J connectivity index is 2.22. The maximum atomic E-state index is 13.9. The first-order valence-corrected chi connectivity index (χ1v) is 6.63. The van der Waals surface area contributed by atoms with Crippen LogP contribution in [0.4, 0.5) is 8.78 Å². The third-order valence-corrected chi connectivity index (χ3v) is 4.00. The second kappa shape index (κ2) is 5.94. The second-order valence-electron chi connectivity index (χ2n) is 5.22. The van der Waals surface area contributed by atoms with Crippen LogP contribution in [0.3, 0.4) is 0 Å². The number of likely N-dealkylation sites (N-methyl/N-ethyl adjacent to an activating group) is 1. The SMILES string of the molecule is CC1CN(C(CN)c2cccc(F)c2F)CCN1C. The van der Waals surface area contributed by atoms with Gasteiger partial charge in [0.2, 0.25) is 0 Å². The Kier molecular flexibility index (Phi) is 4.50. The van der Waals surface area contributed by atoms with Crippen molar-refractivity contribution >= 4 is 0 Å². The van der Waals surface area contributed by atoms with Gasteiger partial charge in [-0.05, 0) is 20.0 Å². The van der Waals surface area contributed by atoms with Crippen molar-refractivity contribution in [3.63, 3.8) is 0 Å². The molecule has 2 N–H and O–H groups in total. The molecule has 0 saturated carbocycles. The Labute approximate surface area is 113 Å². The molecule has 0 amide bonds. The minimum absolute atomic E-state index is 0.258. The van der Waals surface area contributed by atoms with Gasteiger partial charge < -0.3 is 10.6 Å². The Morgan fingerprint density at radius 3 is 2.74 bits per heavy atom. The first-order valence-electron chi connectivity index (χ1n) is 6.63. The zero-order valence-electron chi connectivity index (χ0n) is 11.4. The van der Waals surface area contributed by atoms with Crippen molar-refractivity contribution < 1.29 is 8.78 Å². The summed E-state index contributed by atoms with van der Waals surface area (Å²) in [5.41, 5.74) is 6.15. The number of piperazine rings is 1. The first kappa shape index (κ1) is 14.4.